The molecule has 0 bridgehead atoms. The minimum Gasteiger partial charge on any atom is -0.507 e. The molecule has 3 aromatic rings. The van der Waals surface area contributed by atoms with Gasteiger partial charge in [0.1, 0.15) is 18.1 Å². The fourth-order valence-electron chi connectivity index (χ4n) is 4.26. The van der Waals surface area contributed by atoms with Gasteiger partial charge in [0.15, 0.2) is 0 Å². The van der Waals surface area contributed by atoms with Gasteiger partial charge in [-0.3, -0.25) is 14.6 Å². The van der Waals surface area contributed by atoms with Crippen molar-refractivity contribution in [3.8, 4) is 5.75 Å². The molecule has 0 radical (unpaired) electrons. The summed E-state index contributed by atoms with van der Waals surface area (Å²) >= 11 is 0. The van der Waals surface area contributed by atoms with Gasteiger partial charge in [-0.05, 0) is 58.5 Å². The summed E-state index contributed by atoms with van der Waals surface area (Å²) in [6.07, 6.45) is 4.94. The Balaban J connectivity index is 1.80. The lowest BCUT2D eigenvalue weighted by molar-refractivity contribution is -0.140. The molecule has 0 saturated carbocycles. The maximum absolute atomic E-state index is 13.3. The zero-order valence-electron chi connectivity index (χ0n) is 20.8. The van der Waals surface area contributed by atoms with Crippen molar-refractivity contribution in [2.45, 2.75) is 38.8 Å². The van der Waals surface area contributed by atoms with Crippen molar-refractivity contribution in [1.29, 1.82) is 0 Å². The molecule has 1 amide bonds. The van der Waals surface area contributed by atoms with Crippen LogP contribution in [0.2, 0.25) is 0 Å². The number of ketones is 1. The predicted molar refractivity (Wildman–Crippen MR) is 139 cm³/mol. The Bertz CT molecular complexity index is 1290. The molecule has 1 atom stereocenters. The van der Waals surface area contributed by atoms with E-state index in [0.717, 1.165) is 16.7 Å². The summed E-state index contributed by atoms with van der Waals surface area (Å²) < 4.78 is 5.52. The second-order valence-corrected chi connectivity index (χ2v) is 9.78. The molecule has 1 aliphatic rings. The molecule has 36 heavy (non-hydrogen) atoms. The number of Topliss-reactive ketones (excluding diaryl/α,β-unsaturated/α-hetero) is 1. The number of rotatable bonds is 7. The Hall–Kier alpha value is -4.19. The van der Waals surface area contributed by atoms with E-state index in [2.05, 4.69) is 32.3 Å². The second-order valence-electron chi connectivity index (χ2n) is 9.78. The van der Waals surface area contributed by atoms with Crippen LogP contribution in [0.25, 0.3) is 5.76 Å². The largest absolute Gasteiger partial charge is 0.507 e. The van der Waals surface area contributed by atoms with E-state index in [0.29, 0.717) is 17.9 Å². The highest BCUT2D eigenvalue weighted by atomic mass is 16.5. The number of aromatic nitrogens is 1. The third kappa shape index (κ3) is 5.08. The van der Waals surface area contributed by atoms with Gasteiger partial charge >= 0.3 is 0 Å². The number of aliphatic hydroxyl groups is 1. The van der Waals surface area contributed by atoms with Crippen LogP contribution in [-0.4, -0.2) is 33.3 Å². The summed E-state index contributed by atoms with van der Waals surface area (Å²) in [6, 6.07) is 17.5. The Morgan fingerprint density at radius 2 is 1.67 bits per heavy atom. The molecule has 1 N–H and O–H groups in total. The van der Waals surface area contributed by atoms with Gasteiger partial charge in [-0.15, -0.1) is 0 Å². The van der Waals surface area contributed by atoms with Crippen LogP contribution in [0.15, 0.2) is 91.3 Å². The highest BCUT2D eigenvalue weighted by molar-refractivity contribution is 6.46. The van der Waals surface area contributed by atoms with Gasteiger partial charge in [-0.1, -0.05) is 57.7 Å². The first-order chi connectivity index (χ1) is 17.2. The maximum Gasteiger partial charge on any atom is 0.295 e. The van der Waals surface area contributed by atoms with E-state index in [4.69, 9.17) is 4.74 Å². The van der Waals surface area contributed by atoms with Crippen molar-refractivity contribution in [2.24, 2.45) is 0 Å². The summed E-state index contributed by atoms with van der Waals surface area (Å²) in [5, 5.41) is 11.3. The van der Waals surface area contributed by atoms with Gasteiger partial charge in [-0.2, -0.15) is 0 Å². The average Bonchev–Trinajstić information content (AvgIpc) is 3.12. The van der Waals surface area contributed by atoms with Gasteiger partial charge < -0.3 is 14.7 Å². The maximum atomic E-state index is 13.3. The van der Waals surface area contributed by atoms with Crippen LogP contribution in [0, 0.1) is 0 Å². The fourth-order valence-corrected chi connectivity index (χ4v) is 4.26. The molecule has 1 saturated heterocycles. The van der Waals surface area contributed by atoms with E-state index in [1.54, 1.807) is 54.9 Å². The summed E-state index contributed by atoms with van der Waals surface area (Å²) in [7, 11) is 0. The van der Waals surface area contributed by atoms with E-state index in [1.807, 2.05) is 24.3 Å². The van der Waals surface area contributed by atoms with Crippen LogP contribution >= 0.6 is 0 Å². The third-order valence-electron chi connectivity index (χ3n) is 6.23. The van der Waals surface area contributed by atoms with E-state index in [9.17, 15) is 14.7 Å². The van der Waals surface area contributed by atoms with Gasteiger partial charge in [0.2, 0.25) is 0 Å². The average molecular weight is 483 g/mol. The monoisotopic (exact) mass is 482 g/mol. The Labute approximate surface area is 211 Å². The summed E-state index contributed by atoms with van der Waals surface area (Å²) in [6.45, 7) is 10.6. The topological polar surface area (TPSA) is 79.7 Å². The van der Waals surface area contributed by atoms with Crippen molar-refractivity contribution >= 4 is 17.4 Å². The number of hydrogen-bond donors (Lipinski definition) is 1. The van der Waals surface area contributed by atoms with Crippen LogP contribution < -0.4 is 4.74 Å². The van der Waals surface area contributed by atoms with Crippen molar-refractivity contribution in [3.63, 3.8) is 0 Å². The highest BCUT2D eigenvalue weighted by Gasteiger charge is 2.46. The number of pyridine rings is 1. The quantitative estimate of drug-likeness (QED) is 0.206. The van der Waals surface area contributed by atoms with E-state index < -0.39 is 17.7 Å². The van der Waals surface area contributed by atoms with E-state index >= 15 is 0 Å². The molecule has 1 fully saturated rings. The van der Waals surface area contributed by atoms with Crippen molar-refractivity contribution in [3.05, 3.63) is 114 Å². The molecular formula is C30H30N2O4. The molecular weight excluding hydrogens is 452 g/mol. The molecule has 1 aromatic heterocycles. The normalized spacial score (nSPS) is 17.3. The van der Waals surface area contributed by atoms with Gasteiger partial charge in [-0.25, -0.2) is 0 Å². The smallest absolute Gasteiger partial charge is 0.295 e. The number of benzene rings is 2. The molecule has 6 nitrogen and oxygen atoms in total. The SMILES string of the molecule is C=CCOc1ccc(/C(O)=C2/C(=O)C(=O)N(Cc3ccncc3)C2c2ccc(C(C)(C)C)cc2)cc1. The lowest BCUT2D eigenvalue weighted by atomic mass is 9.85. The molecule has 0 aliphatic carbocycles. The van der Waals surface area contributed by atoms with Crippen molar-refractivity contribution in [1.82, 2.24) is 9.88 Å². The number of hydrogen-bond acceptors (Lipinski definition) is 5. The fraction of sp³-hybridized carbons (Fsp3) is 0.233. The first-order valence-electron chi connectivity index (χ1n) is 11.8. The Morgan fingerprint density at radius 3 is 2.25 bits per heavy atom. The number of amides is 1. The minimum absolute atomic E-state index is 0.0488. The van der Waals surface area contributed by atoms with Crippen LogP contribution in [-0.2, 0) is 21.5 Å². The first-order valence-corrected chi connectivity index (χ1v) is 11.8. The van der Waals surface area contributed by atoms with Crippen LogP contribution in [0.3, 0.4) is 0 Å². The summed E-state index contributed by atoms with van der Waals surface area (Å²) in [5.41, 5.74) is 3.17. The lowest BCUT2D eigenvalue weighted by Gasteiger charge is -2.26. The highest BCUT2D eigenvalue weighted by Crippen LogP contribution is 2.41. The zero-order valence-corrected chi connectivity index (χ0v) is 20.8. The summed E-state index contributed by atoms with van der Waals surface area (Å²) in [4.78, 5) is 32.1. The molecule has 6 heteroatoms. The standard InChI is InChI=1S/C30H30N2O4/c1-5-18-36-24-12-8-22(9-13-24)27(33)25-26(21-6-10-23(11-7-21)30(2,3)4)32(29(35)28(25)34)19-20-14-16-31-17-15-20/h5-17,26,33H,1,18-19H2,2-4H3/b27-25-. The van der Waals surface area contributed by atoms with Gasteiger partial charge in [0.25, 0.3) is 11.7 Å². The lowest BCUT2D eigenvalue weighted by Crippen LogP contribution is -2.29. The number of aliphatic hydroxyl groups excluding tert-OH is 1. The number of carbonyl (C=O) groups is 2. The van der Waals surface area contributed by atoms with Crippen LogP contribution in [0.5, 0.6) is 5.75 Å². The minimum atomic E-state index is -0.733. The van der Waals surface area contributed by atoms with Crippen LogP contribution in [0.4, 0.5) is 0 Å². The van der Waals surface area contributed by atoms with Gasteiger partial charge in [0, 0.05) is 24.5 Å². The van der Waals surface area contributed by atoms with E-state index in [1.165, 1.54) is 4.90 Å². The first kappa shape index (κ1) is 24.9. The number of likely N-dealkylation sites (tertiary alicyclic amines) is 1. The molecule has 2 heterocycles. The molecule has 1 unspecified atom stereocenters. The molecule has 0 spiro atoms. The van der Waals surface area contributed by atoms with Crippen LogP contribution in [0.1, 0.15) is 49.1 Å². The molecule has 184 valence electrons. The van der Waals surface area contributed by atoms with E-state index in [-0.39, 0.29) is 23.3 Å². The number of nitrogens with zero attached hydrogens (tertiary/aromatic N) is 2. The zero-order chi connectivity index (χ0) is 25.9. The van der Waals surface area contributed by atoms with Gasteiger partial charge in [0.05, 0.1) is 11.6 Å². The second kappa shape index (κ2) is 10.2. The molecule has 4 rings (SSSR count). The molecule has 2 aromatic carbocycles. The van der Waals surface area contributed by atoms with Crippen molar-refractivity contribution < 1.29 is 19.4 Å². The Kier molecular flexibility index (Phi) is 7.06. The third-order valence-corrected chi connectivity index (χ3v) is 6.23. The number of carbonyl (C=O) groups excluding carboxylic acids is 2. The molecule has 1 aliphatic heterocycles. The predicted octanol–water partition coefficient (Wildman–Crippen LogP) is 5.57. The number of ether oxygens (including phenoxy) is 1. The summed E-state index contributed by atoms with van der Waals surface area (Å²) in [5.74, 6) is -0.965. The Morgan fingerprint density at radius 1 is 1.03 bits per heavy atom. The van der Waals surface area contributed by atoms with Crippen molar-refractivity contribution in [2.75, 3.05) is 6.61 Å².